The fraction of sp³-hybridized carbons (Fsp3) is 0.417. The zero-order valence-electron chi connectivity index (χ0n) is 18.7. The molecule has 1 atom stereocenters. The van der Waals surface area contributed by atoms with E-state index in [0.717, 1.165) is 29.7 Å². The van der Waals surface area contributed by atoms with E-state index < -0.39 is 5.41 Å². The van der Waals surface area contributed by atoms with E-state index in [1.807, 2.05) is 42.2 Å². The van der Waals surface area contributed by atoms with Gasteiger partial charge in [-0.1, -0.05) is 5.16 Å². The summed E-state index contributed by atoms with van der Waals surface area (Å²) in [6.45, 7) is 3.67. The van der Waals surface area contributed by atoms with Gasteiger partial charge in [-0.2, -0.15) is 4.98 Å². The Morgan fingerprint density at radius 3 is 2.75 bits per heavy atom. The normalized spacial score (nSPS) is 18.5. The number of pyridine rings is 1. The van der Waals surface area contributed by atoms with Crippen molar-refractivity contribution in [3.05, 3.63) is 59.7 Å². The van der Waals surface area contributed by atoms with E-state index in [0.29, 0.717) is 43.4 Å². The van der Waals surface area contributed by atoms with Crippen LogP contribution < -0.4 is 4.74 Å². The lowest BCUT2D eigenvalue weighted by molar-refractivity contribution is 0.0566. The Labute approximate surface area is 187 Å². The Balaban J connectivity index is 1.63. The number of ether oxygens (including phenoxy) is 2. The van der Waals surface area contributed by atoms with Crippen LogP contribution >= 0.6 is 0 Å². The lowest BCUT2D eigenvalue weighted by Gasteiger charge is -2.41. The second-order valence-corrected chi connectivity index (χ2v) is 8.19. The molecule has 1 unspecified atom stereocenters. The van der Waals surface area contributed by atoms with Crippen LogP contribution in [-0.4, -0.2) is 59.8 Å². The van der Waals surface area contributed by atoms with Crippen LogP contribution in [-0.2, 0) is 10.2 Å². The van der Waals surface area contributed by atoms with Crippen molar-refractivity contribution >= 4 is 5.91 Å². The number of benzene rings is 1. The molecule has 4 rings (SSSR count). The van der Waals surface area contributed by atoms with Gasteiger partial charge in [0.2, 0.25) is 0 Å². The quantitative estimate of drug-likeness (QED) is 0.558. The Bertz CT molecular complexity index is 1070. The van der Waals surface area contributed by atoms with Crippen molar-refractivity contribution in [3.8, 4) is 17.2 Å². The molecule has 1 amide bonds. The zero-order valence-corrected chi connectivity index (χ0v) is 18.7. The van der Waals surface area contributed by atoms with Gasteiger partial charge in [0.15, 0.2) is 5.82 Å². The molecule has 1 aliphatic heterocycles. The molecule has 168 valence electrons. The van der Waals surface area contributed by atoms with Crippen LogP contribution in [0, 0.1) is 6.92 Å². The second-order valence-electron chi connectivity index (χ2n) is 8.19. The molecule has 1 saturated heterocycles. The number of carbonyl (C=O) groups is 1. The number of piperidine rings is 1. The summed E-state index contributed by atoms with van der Waals surface area (Å²) in [4.78, 5) is 24.1. The van der Waals surface area contributed by atoms with Crippen molar-refractivity contribution in [3.63, 3.8) is 0 Å². The second kappa shape index (κ2) is 9.48. The number of hydrogen-bond donors (Lipinski definition) is 0. The maximum atomic E-state index is 13.4. The lowest BCUT2D eigenvalue weighted by atomic mass is 9.76. The molecule has 8 heteroatoms. The predicted octanol–water partition coefficient (Wildman–Crippen LogP) is 3.66. The van der Waals surface area contributed by atoms with E-state index in [2.05, 4.69) is 10.1 Å². The summed E-state index contributed by atoms with van der Waals surface area (Å²) in [5.74, 6) is 1.81. The van der Waals surface area contributed by atoms with Crippen LogP contribution in [0.4, 0.5) is 0 Å². The third kappa shape index (κ3) is 4.36. The first-order valence-electron chi connectivity index (χ1n) is 10.7. The molecule has 1 aromatic carbocycles. The van der Waals surface area contributed by atoms with Crippen LogP contribution in [0.25, 0.3) is 11.5 Å². The fourth-order valence-corrected chi connectivity index (χ4v) is 4.32. The topological polar surface area (TPSA) is 90.6 Å². The van der Waals surface area contributed by atoms with Gasteiger partial charge in [0, 0.05) is 50.3 Å². The van der Waals surface area contributed by atoms with Crippen LogP contribution in [0.2, 0.25) is 0 Å². The molecule has 0 spiro atoms. The van der Waals surface area contributed by atoms with Gasteiger partial charge in [0.25, 0.3) is 11.8 Å². The molecule has 1 fully saturated rings. The van der Waals surface area contributed by atoms with Gasteiger partial charge < -0.3 is 18.9 Å². The highest BCUT2D eigenvalue weighted by Crippen LogP contribution is 2.37. The number of hydrogen-bond acceptors (Lipinski definition) is 7. The molecule has 0 saturated carbocycles. The maximum absolute atomic E-state index is 13.4. The molecule has 3 aromatic rings. The van der Waals surface area contributed by atoms with Crippen LogP contribution in [0.3, 0.4) is 0 Å². The summed E-state index contributed by atoms with van der Waals surface area (Å²) in [5.41, 5.74) is 1.96. The molecule has 0 bridgehead atoms. The minimum Gasteiger partial charge on any atom is -0.497 e. The number of methoxy groups -OCH3 is 2. The zero-order chi connectivity index (χ0) is 22.6. The van der Waals surface area contributed by atoms with Gasteiger partial charge >= 0.3 is 0 Å². The molecular formula is C24H28N4O4. The van der Waals surface area contributed by atoms with Crippen LogP contribution in [0.15, 0.2) is 47.2 Å². The number of likely N-dealkylation sites (tertiary alicyclic amines) is 1. The predicted molar refractivity (Wildman–Crippen MR) is 119 cm³/mol. The van der Waals surface area contributed by atoms with Gasteiger partial charge in [-0.15, -0.1) is 0 Å². The molecule has 0 aliphatic carbocycles. The van der Waals surface area contributed by atoms with Crippen molar-refractivity contribution in [2.45, 2.75) is 31.6 Å². The van der Waals surface area contributed by atoms with Crippen LogP contribution in [0.5, 0.6) is 5.75 Å². The summed E-state index contributed by atoms with van der Waals surface area (Å²) in [6.07, 6.45) is 5.79. The van der Waals surface area contributed by atoms with E-state index in [9.17, 15) is 4.79 Å². The first-order valence-corrected chi connectivity index (χ1v) is 10.7. The number of carbonyl (C=O) groups excluding carboxylic acids is 1. The van der Waals surface area contributed by atoms with Crippen molar-refractivity contribution in [2.75, 3.05) is 33.9 Å². The Morgan fingerprint density at radius 2 is 2.03 bits per heavy atom. The number of nitrogens with zero attached hydrogens (tertiary/aromatic N) is 4. The van der Waals surface area contributed by atoms with Gasteiger partial charge in [0.05, 0.1) is 12.5 Å². The molecule has 3 heterocycles. The van der Waals surface area contributed by atoms with Crippen molar-refractivity contribution in [1.29, 1.82) is 0 Å². The monoisotopic (exact) mass is 436 g/mol. The standard InChI is InChI=1S/C24H28N4O4/c1-17-15-19(31-3)5-6-20(17)22(29)28-13-4-9-24(16-28,10-14-30-2)23-26-21(32-27-23)18-7-11-25-12-8-18/h5-8,11-12,15H,4,9-10,13-14,16H2,1-3H3. The maximum Gasteiger partial charge on any atom is 0.258 e. The van der Waals surface area contributed by atoms with E-state index >= 15 is 0 Å². The third-order valence-corrected chi connectivity index (χ3v) is 6.14. The number of amides is 1. The molecular weight excluding hydrogens is 408 g/mol. The highest BCUT2D eigenvalue weighted by Gasteiger charge is 2.42. The Kier molecular flexibility index (Phi) is 6.50. The summed E-state index contributed by atoms with van der Waals surface area (Å²) < 4.78 is 16.3. The van der Waals surface area contributed by atoms with Gasteiger partial charge in [-0.05, 0) is 62.1 Å². The third-order valence-electron chi connectivity index (χ3n) is 6.14. The smallest absolute Gasteiger partial charge is 0.258 e. The molecule has 0 N–H and O–H groups in total. The summed E-state index contributed by atoms with van der Waals surface area (Å²) in [6, 6.07) is 9.21. The largest absolute Gasteiger partial charge is 0.497 e. The van der Waals surface area contributed by atoms with Gasteiger partial charge in [-0.25, -0.2) is 0 Å². The molecule has 8 nitrogen and oxygen atoms in total. The Hall–Kier alpha value is -3.26. The first kappa shape index (κ1) is 22.0. The molecule has 1 aliphatic rings. The molecule has 0 radical (unpaired) electrons. The highest BCUT2D eigenvalue weighted by molar-refractivity contribution is 5.96. The fourth-order valence-electron chi connectivity index (χ4n) is 4.32. The van der Waals surface area contributed by atoms with Crippen molar-refractivity contribution < 1.29 is 18.8 Å². The summed E-state index contributed by atoms with van der Waals surface area (Å²) in [5, 5.41) is 4.33. The van der Waals surface area contributed by atoms with Crippen molar-refractivity contribution in [1.82, 2.24) is 20.0 Å². The van der Waals surface area contributed by atoms with Gasteiger partial charge in [-0.3, -0.25) is 9.78 Å². The van der Waals surface area contributed by atoms with Crippen LogP contribution in [0.1, 0.15) is 41.0 Å². The summed E-state index contributed by atoms with van der Waals surface area (Å²) in [7, 11) is 3.30. The van der Waals surface area contributed by atoms with E-state index in [4.69, 9.17) is 19.0 Å². The average Bonchev–Trinajstić information content (AvgIpc) is 3.34. The van der Waals surface area contributed by atoms with E-state index in [1.165, 1.54) is 0 Å². The first-order chi connectivity index (χ1) is 15.6. The lowest BCUT2D eigenvalue weighted by Crippen LogP contribution is -2.49. The SMILES string of the molecule is COCCC1(c2noc(-c3ccncc3)n2)CCCN(C(=O)c2ccc(OC)cc2C)C1. The molecule has 2 aromatic heterocycles. The summed E-state index contributed by atoms with van der Waals surface area (Å²) >= 11 is 0. The van der Waals surface area contributed by atoms with E-state index in [1.54, 1.807) is 26.6 Å². The Morgan fingerprint density at radius 1 is 1.22 bits per heavy atom. The van der Waals surface area contributed by atoms with E-state index in [-0.39, 0.29) is 5.91 Å². The minimum atomic E-state index is -0.431. The number of aromatic nitrogens is 3. The van der Waals surface area contributed by atoms with Crippen molar-refractivity contribution in [2.24, 2.45) is 0 Å². The highest BCUT2D eigenvalue weighted by atomic mass is 16.5. The minimum absolute atomic E-state index is 0.00416. The molecule has 32 heavy (non-hydrogen) atoms. The number of aryl methyl sites for hydroxylation is 1. The number of rotatable bonds is 7. The average molecular weight is 437 g/mol. The van der Waals surface area contributed by atoms with Gasteiger partial charge in [0.1, 0.15) is 5.75 Å².